The van der Waals surface area contributed by atoms with Crippen LogP contribution in [0.1, 0.15) is 10.4 Å². The molecule has 0 atom stereocenters. The average molecular weight is 161 g/mol. The third kappa shape index (κ3) is 1.21. The molecule has 1 rings (SSSR count). The number of hydrogen-bond acceptors (Lipinski definition) is 2. The van der Waals surface area contributed by atoms with Crippen LogP contribution in [0.15, 0.2) is 6.20 Å². The van der Waals surface area contributed by atoms with Crippen LogP contribution in [0.2, 0.25) is 0 Å². The fourth-order valence-corrected chi connectivity index (χ4v) is 0.564. The van der Waals surface area contributed by atoms with Gasteiger partial charge < -0.3 is 0 Å². The highest BCUT2D eigenvalue weighted by molar-refractivity contribution is 5.75. The quantitative estimate of drug-likeness (QED) is 0.459. The van der Waals surface area contributed by atoms with Crippen molar-refractivity contribution in [3.63, 3.8) is 0 Å². The molecule has 11 heavy (non-hydrogen) atoms. The van der Waals surface area contributed by atoms with Crippen LogP contribution in [0.5, 0.6) is 0 Å². The number of pyridine rings is 1. The summed E-state index contributed by atoms with van der Waals surface area (Å²) in [5.74, 6) is -4.20. The van der Waals surface area contributed by atoms with Gasteiger partial charge in [0, 0.05) is 0 Å². The van der Waals surface area contributed by atoms with Crippen LogP contribution in [0.25, 0.3) is 0 Å². The van der Waals surface area contributed by atoms with E-state index in [1.807, 2.05) is 0 Å². The van der Waals surface area contributed by atoms with Crippen molar-refractivity contribution in [3.05, 3.63) is 29.3 Å². The molecule has 5 heteroatoms. The molecule has 0 radical (unpaired) electrons. The Morgan fingerprint density at radius 3 is 2.45 bits per heavy atom. The van der Waals surface area contributed by atoms with Gasteiger partial charge in [0.25, 0.3) is 0 Å². The maximum atomic E-state index is 12.4. The maximum absolute atomic E-state index is 12.4. The molecule has 0 amide bonds. The molecular weight excluding hydrogens is 159 g/mol. The predicted octanol–water partition coefficient (Wildman–Crippen LogP) is 1.31. The largest absolute Gasteiger partial charge is 0.298 e. The van der Waals surface area contributed by atoms with E-state index < -0.39 is 23.1 Å². The van der Waals surface area contributed by atoms with Crippen LogP contribution in [-0.4, -0.2) is 11.3 Å². The summed E-state index contributed by atoms with van der Waals surface area (Å²) in [6.07, 6.45) is 0.345. The summed E-state index contributed by atoms with van der Waals surface area (Å²) < 4.78 is 36.8. The van der Waals surface area contributed by atoms with E-state index in [0.717, 1.165) is 0 Å². The van der Waals surface area contributed by atoms with Gasteiger partial charge in [-0.3, -0.25) is 4.79 Å². The van der Waals surface area contributed by atoms with E-state index in [9.17, 15) is 18.0 Å². The van der Waals surface area contributed by atoms with Crippen LogP contribution in [0.4, 0.5) is 13.2 Å². The van der Waals surface area contributed by atoms with Crippen LogP contribution in [-0.2, 0) is 0 Å². The monoisotopic (exact) mass is 161 g/mol. The third-order valence-corrected chi connectivity index (χ3v) is 1.08. The molecule has 0 saturated carbocycles. The van der Waals surface area contributed by atoms with Crippen LogP contribution >= 0.6 is 0 Å². The Bertz CT molecular complexity index is 300. The van der Waals surface area contributed by atoms with Crippen molar-refractivity contribution in [1.29, 1.82) is 0 Å². The van der Waals surface area contributed by atoms with E-state index in [1.165, 1.54) is 0 Å². The average Bonchev–Trinajstić information content (AvgIpc) is 1.99. The number of aldehydes is 1. The number of hydrogen-bond donors (Lipinski definition) is 0. The van der Waals surface area contributed by atoms with Gasteiger partial charge in [-0.05, 0) is 0 Å². The topological polar surface area (TPSA) is 30.0 Å². The first-order valence-electron chi connectivity index (χ1n) is 2.61. The Morgan fingerprint density at radius 1 is 1.36 bits per heavy atom. The summed E-state index contributed by atoms with van der Waals surface area (Å²) in [6.45, 7) is 0. The lowest BCUT2D eigenvalue weighted by Gasteiger charge is -1.95. The summed E-state index contributed by atoms with van der Waals surface area (Å²) in [5.41, 5.74) is -0.933. The van der Waals surface area contributed by atoms with E-state index in [0.29, 0.717) is 6.20 Å². The lowest BCUT2D eigenvalue weighted by atomic mass is 10.3. The highest BCUT2D eigenvalue weighted by Gasteiger charge is 2.13. The molecule has 0 aromatic carbocycles. The van der Waals surface area contributed by atoms with Crippen molar-refractivity contribution in [2.24, 2.45) is 0 Å². The summed E-state index contributed by atoms with van der Waals surface area (Å²) in [7, 11) is 0. The number of halogens is 3. The molecule has 0 spiro atoms. The molecule has 0 bridgehead atoms. The summed E-state index contributed by atoms with van der Waals surface area (Å²) in [6, 6.07) is 0. The van der Waals surface area contributed by atoms with Crippen molar-refractivity contribution in [3.8, 4) is 0 Å². The molecule has 0 aliphatic heterocycles. The van der Waals surface area contributed by atoms with E-state index in [-0.39, 0.29) is 6.29 Å². The smallest absolute Gasteiger partial charge is 0.249 e. The first kappa shape index (κ1) is 7.71. The van der Waals surface area contributed by atoms with E-state index in [4.69, 9.17) is 0 Å². The minimum absolute atomic E-state index is 0.102. The van der Waals surface area contributed by atoms with Crippen LogP contribution < -0.4 is 0 Å². The molecule has 0 aliphatic carbocycles. The Kier molecular flexibility index (Phi) is 1.89. The fourth-order valence-electron chi connectivity index (χ4n) is 0.564. The van der Waals surface area contributed by atoms with Crippen molar-refractivity contribution < 1.29 is 18.0 Å². The van der Waals surface area contributed by atoms with Crippen molar-refractivity contribution >= 4 is 6.29 Å². The zero-order chi connectivity index (χ0) is 8.43. The zero-order valence-electron chi connectivity index (χ0n) is 5.14. The standard InChI is InChI=1S/C6H2F3NO/c7-4-1-10-6(9)5(8)3(4)2-11/h1-2H. The second kappa shape index (κ2) is 2.69. The van der Waals surface area contributed by atoms with Crippen LogP contribution in [0.3, 0.4) is 0 Å². The van der Waals surface area contributed by atoms with Gasteiger partial charge in [-0.1, -0.05) is 0 Å². The highest BCUT2D eigenvalue weighted by atomic mass is 19.2. The highest BCUT2D eigenvalue weighted by Crippen LogP contribution is 2.10. The normalized spacial score (nSPS) is 9.73. The number of aromatic nitrogens is 1. The third-order valence-electron chi connectivity index (χ3n) is 1.08. The lowest BCUT2D eigenvalue weighted by Crippen LogP contribution is -1.99. The number of carbonyl (C=O) groups is 1. The van der Waals surface area contributed by atoms with Gasteiger partial charge in [0.15, 0.2) is 17.9 Å². The predicted molar refractivity (Wildman–Crippen MR) is 29.5 cm³/mol. The van der Waals surface area contributed by atoms with Crippen molar-refractivity contribution in [1.82, 2.24) is 4.98 Å². The molecule has 2 nitrogen and oxygen atoms in total. The summed E-state index contributed by atoms with van der Waals surface area (Å²) in [5, 5.41) is 0. The molecule has 1 aromatic rings. The number of rotatable bonds is 1. The van der Waals surface area contributed by atoms with Gasteiger partial charge in [-0.15, -0.1) is 0 Å². The molecule has 58 valence electrons. The second-order valence-electron chi connectivity index (χ2n) is 1.74. The fraction of sp³-hybridized carbons (Fsp3) is 0. The molecule has 0 saturated heterocycles. The first-order chi connectivity index (χ1) is 5.16. The van der Waals surface area contributed by atoms with Gasteiger partial charge in [-0.2, -0.15) is 4.39 Å². The van der Waals surface area contributed by atoms with Gasteiger partial charge in [0.1, 0.15) is 0 Å². The minimum atomic E-state index is -1.56. The molecular formula is C6H2F3NO. The van der Waals surface area contributed by atoms with Gasteiger partial charge >= 0.3 is 0 Å². The van der Waals surface area contributed by atoms with E-state index in [2.05, 4.69) is 4.98 Å². The van der Waals surface area contributed by atoms with Gasteiger partial charge in [0.2, 0.25) is 5.95 Å². The Hall–Kier alpha value is -1.39. The van der Waals surface area contributed by atoms with Crippen LogP contribution in [0, 0.1) is 17.6 Å². The van der Waals surface area contributed by atoms with Gasteiger partial charge in [0.05, 0.1) is 11.8 Å². The summed E-state index contributed by atoms with van der Waals surface area (Å²) >= 11 is 0. The van der Waals surface area contributed by atoms with Crippen molar-refractivity contribution in [2.45, 2.75) is 0 Å². The molecule has 0 unspecified atom stereocenters. The number of carbonyl (C=O) groups excluding carboxylic acids is 1. The lowest BCUT2D eigenvalue weighted by molar-refractivity contribution is 0.111. The summed E-state index contributed by atoms with van der Waals surface area (Å²) in [4.78, 5) is 12.6. The molecule has 1 heterocycles. The molecule has 0 N–H and O–H groups in total. The minimum Gasteiger partial charge on any atom is -0.298 e. The van der Waals surface area contributed by atoms with E-state index >= 15 is 0 Å². The Morgan fingerprint density at radius 2 is 2.00 bits per heavy atom. The molecule has 0 fully saturated rings. The zero-order valence-corrected chi connectivity index (χ0v) is 5.14. The molecule has 1 aromatic heterocycles. The van der Waals surface area contributed by atoms with E-state index in [1.54, 1.807) is 0 Å². The maximum Gasteiger partial charge on any atom is 0.249 e. The van der Waals surface area contributed by atoms with Gasteiger partial charge in [-0.25, -0.2) is 13.8 Å². The van der Waals surface area contributed by atoms with Crippen molar-refractivity contribution in [2.75, 3.05) is 0 Å². The Labute approximate surface area is 59.7 Å². The number of nitrogens with zero attached hydrogens (tertiary/aromatic N) is 1. The SMILES string of the molecule is O=Cc1c(F)cnc(F)c1F. The molecule has 0 aliphatic rings. The second-order valence-corrected chi connectivity index (χ2v) is 1.74. The first-order valence-corrected chi connectivity index (χ1v) is 2.61. The Balaban J connectivity index is 3.40.